The fraction of sp³-hybridized carbons (Fsp3) is 0.182. The largest absolute Gasteiger partial charge is 0.457 e. The lowest BCUT2D eigenvalue weighted by molar-refractivity contribution is -0.140. The van der Waals surface area contributed by atoms with Gasteiger partial charge in [0.1, 0.15) is 6.61 Å². The summed E-state index contributed by atoms with van der Waals surface area (Å²) in [6.07, 6.45) is 0. The van der Waals surface area contributed by atoms with E-state index in [4.69, 9.17) is 0 Å². The Balaban J connectivity index is 3.11. The Morgan fingerprint density at radius 3 is 1.78 bits per heavy atom. The summed E-state index contributed by atoms with van der Waals surface area (Å²) in [5, 5.41) is 0. The van der Waals surface area contributed by atoms with Crippen molar-refractivity contribution < 1.29 is 31.5 Å². The maximum Gasteiger partial charge on any atom is 0.333 e. The van der Waals surface area contributed by atoms with Crippen molar-refractivity contribution in [3.8, 4) is 0 Å². The molecule has 0 aliphatic rings. The van der Waals surface area contributed by atoms with Crippen LogP contribution in [0.15, 0.2) is 12.2 Å². The second kappa shape index (κ2) is 5.16. The van der Waals surface area contributed by atoms with Gasteiger partial charge in [0.15, 0.2) is 23.3 Å². The Labute approximate surface area is 98.7 Å². The van der Waals surface area contributed by atoms with Crippen LogP contribution >= 0.6 is 0 Å². The molecule has 0 heterocycles. The van der Waals surface area contributed by atoms with Crippen molar-refractivity contribution in [1.29, 1.82) is 0 Å². The van der Waals surface area contributed by atoms with Crippen LogP contribution in [0, 0.1) is 29.1 Å². The highest BCUT2D eigenvalue weighted by Gasteiger charge is 2.26. The van der Waals surface area contributed by atoms with Gasteiger partial charge in [-0.3, -0.25) is 0 Å². The minimum Gasteiger partial charge on any atom is -0.457 e. The van der Waals surface area contributed by atoms with Gasteiger partial charge >= 0.3 is 5.97 Å². The fourth-order valence-corrected chi connectivity index (χ4v) is 1.04. The van der Waals surface area contributed by atoms with Crippen LogP contribution in [-0.4, -0.2) is 5.97 Å². The van der Waals surface area contributed by atoms with E-state index in [1.165, 1.54) is 6.92 Å². The summed E-state index contributed by atoms with van der Waals surface area (Å²) in [6.45, 7) is 3.38. The molecule has 0 unspecified atom stereocenters. The van der Waals surface area contributed by atoms with Gasteiger partial charge in [0.25, 0.3) is 0 Å². The highest BCUT2D eigenvalue weighted by atomic mass is 19.2. The third-order valence-electron chi connectivity index (χ3n) is 2.00. The van der Waals surface area contributed by atoms with E-state index >= 15 is 0 Å². The first-order valence-corrected chi connectivity index (χ1v) is 4.60. The van der Waals surface area contributed by atoms with Crippen LogP contribution in [-0.2, 0) is 16.1 Å². The fourth-order valence-electron chi connectivity index (χ4n) is 1.04. The van der Waals surface area contributed by atoms with Crippen LogP contribution in [0.25, 0.3) is 0 Å². The van der Waals surface area contributed by atoms with E-state index in [1.807, 2.05) is 0 Å². The topological polar surface area (TPSA) is 26.3 Å². The molecule has 1 rings (SSSR count). The number of carbonyl (C=O) groups is 1. The predicted octanol–water partition coefficient (Wildman–Crippen LogP) is 3.00. The first-order valence-electron chi connectivity index (χ1n) is 4.60. The minimum absolute atomic E-state index is 0.0705. The molecule has 0 aromatic heterocycles. The van der Waals surface area contributed by atoms with Crippen LogP contribution in [0.4, 0.5) is 22.0 Å². The third-order valence-corrected chi connectivity index (χ3v) is 2.00. The molecule has 0 saturated carbocycles. The zero-order valence-corrected chi connectivity index (χ0v) is 9.12. The lowest BCUT2D eigenvalue weighted by atomic mass is 10.2. The molecule has 0 atom stereocenters. The molecule has 2 nitrogen and oxygen atoms in total. The van der Waals surface area contributed by atoms with E-state index in [0.717, 1.165) is 0 Å². The standard InChI is InChI=1S/C11H7F5O2/c1-4(2)11(17)18-3-5-6(12)8(14)10(16)9(15)7(5)13/h1,3H2,2H3. The van der Waals surface area contributed by atoms with E-state index in [1.54, 1.807) is 0 Å². The first kappa shape index (κ1) is 14.1. The number of carbonyl (C=O) groups excluding carboxylic acids is 1. The summed E-state index contributed by atoms with van der Waals surface area (Å²) in [5.74, 6) is -11.5. The van der Waals surface area contributed by atoms with Gasteiger partial charge in [-0.2, -0.15) is 0 Å². The van der Waals surface area contributed by atoms with Gasteiger partial charge < -0.3 is 4.74 Å². The molecule has 0 radical (unpaired) electrons. The van der Waals surface area contributed by atoms with E-state index in [9.17, 15) is 26.7 Å². The van der Waals surface area contributed by atoms with Gasteiger partial charge in [-0.1, -0.05) is 6.58 Å². The van der Waals surface area contributed by atoms with Crippen molar-refractivity contribution in [2.75, 3.05) is 0 Å². The maximum absolute atomic E-state index is 13.1. The van der Waals surface area contributed by atoms with Gasteiger partial charge in [-0.25, -0.2) is 26.7 Å². The van der Waals surface area contributed by atoms with E-state index in [-0.39, 0.29) is 5.57 Å². The molecule has 98 valence electrons. The van der Waals surface area contributed by atoms with E-state index in [2.05, 4.69) is 11.3 Å². The van der Waals surface area contributed by atoms with Crippen LogP contribution in [0.3, 0.4) is 0 Å². The smallest absolute Gasteiger partial charge is 0.333 e. The number of benzene rings is 1. The molecule has 0 saturated heterocycles. The molecule has 0 amide bonds. The van der Waals surface area contributed by atoms with Crippen molar-refractivity contribution in [3.63, 3.8) is 0 Å². The molecule has 7 heteroatoms. The monoisotopic (exact) mass is 266 g/mol. The molecular formula is C11H7F5O2. The number of hydrogen-bond acceptors (Lipinski definition) is 2. The van der Waals surface area contributed by atoms with E-state index in [0.29, 0.717) is 0 Å². The molecule has 0 bridgehead atoms. The molecule has 0 N–H and O–H groups in total. The lowest BCUT2D eigenvalue weighted by Gasteiger charge is -2.08. The van der Waals surface area contributed by atoms with Crippen molar-refractivity contribution >= 4 is 5.97 Å². The number of hydrogen-bond donors (Lipinski definition) is 0. The Morgan fingerprint density at radius 2 is 1.39 bits per heavy atom. The summed E-state index contributed by atoms with van der Waals surface area (Å²) in [6, 6.07) is 0. The average Bonchev–Trinajstić information content (AvgIpc) is 2.33. The summed E-state index contributed by atoms with van der Waals surface area (Å²) in [7, 11) is 0. The molecule has 0 fully saturated rings. The summed E-state index contributed by atoms with van der Waals surface area (Å²) in [4.78, 5) is 10.9. The highest BCUT2D eigenvalue weighted by Crippen LogP contribution is 2.23. The molecule has 18 heavy (non-hydrogen) atoms. The zero-order valence-electron chi connectivity index (χ0n) is 9.12. The van der Waals surface area contributed by atoms with Crippen LogP contribution < -0.4 is 0 Å². The molecule has 1 aromatic rings. The van der Waals surface area contributed by atoms with Gasteiger partial charge in [-0.05, 0) is 6.92 Å². The Bertz CT molecular complexity index is 496. The summed E-state index contributed by atoms with van der Waals surface area (Å²) >= 11 is 0. The van der Waals surface area contributed by atoms with Crippen LogP contribution in [0.1, 0.15) is 12.5 Å². The normalized spacial score (nSPS) is 10.3. The van der Waals surface area contributed by atoms with Gasteiger partial charge in [0.05, 0.1) is 5.56 Å². The minimum atomic E-state index is -2.26. The van der Waals surface area contributed by atoms with Gasteiger partial charge in [-0.15, -0.1) is 0 Å². The second-order valence-electron chi connectivity index (χ2n) is 3.40. The van der Waals surface area contributed by atoms with Crippen molar-refractivity contribution in [2.45, 2.75) is 13.5 Å². The number of esters is 1. The van der Waals surface area contributed by atoms with Crippen molar-refractivity contribution in [3.05, 3.63) is 46.8 Å². The van der Waals surface area contributed by atoms with Gasteiger partial charge in [0.2, 0.25) is 5.82 Å². The lowest BCUT2D eigenvalue weighted by Crippen LogP contribution is -2.11. The highest BCUT2D eigenvalue weighted by molar-refractivity contribution is 5.86. The Hall–Kier alpha value is -1.92. The Kier molecular flexibility index (Phi) is 4.05. The van der Waals surface area contributed by atoms with Crippen molar-refractivity contribution in [2.24, 2.45) is 0 Å². The van der Waals surface area contributed by atoms with Crippen LogP contribution in [0.5, 0.6) is 0 Å². The first-order chi connectivity index (χ1) is 8.27. The summed E-state index contributed by atoms with van der Waals surface area (Å²) < 4.78 is 68.8. The zero-order chi connectivity index (χ0) is 14.0. The van der Waals surface area contributed by atoms with E-state index < -0.39 is 47.2 Å². The van der Waals surface area contributed by atoms with Gasteiger partial charge in [0, 0.05) is 5.57 Å². The third kappa shape index (κ3) is 2.49. The molecule has 0 aliphatic heterocycles. The van der Waals surface area contributed by atoms with Crippen molar-refractivity contribution in [1.82, 2.24) is 0 Å². The molecule has 0 aliphatic carbocycles. The molecule has 0 spiro atoms. The molecular weight excluding hydrogens is 259 g/mol. The number of ether oxygens (including phenoxy) is 1. The second-order valence-corrected chi connectivity index (χ2v) is 3.40. The summed E-state index contributed by atoms with van der Waals surface area (Å²) in [5.41, 5.74) is -1.28. The predicted molar refractivity (Wildman–Crippen MR) is 50.8 cm³/mol. The number of rotatable bonds is 3. The molecule has 1 aromatic carbocycles. The SMILES string of the molecule is C=C(C)C(=O)OCc1c(F)c(F)c(F)c(F)c1F. The average molecular weight is 266 g/mol. The number of halogens is 5. The Morgan fingerprint density at radius 1 is 1.00 bits per heavy atom. The maximum atomic E-state index is 13.1. The van der Waals surface area contributed by atoms with Crippen LogP contribution in [0.2, 0.25) is 0 Å². The quantitative estimate of drug-likeness (QED) is 0.276.